The van der Waals surface area contributed by atoms with Gasteiger partial charge >= 0.3 is 6.18 Å². The summed E-state index contributed by atoms with van der Waals surface area (Å²) in [5.41, 5.74) is -0.469. The number of carbonyl (C=O) groups excluding carboxylic acids is 1. The monoisotopic (exact) mass is 356 g/mol. The van der Waals surface area contributed by atoms with E-state index in [0.717, 1.165) is 10.7 Å². The van der Waals surface area contributed by atoms with Gasteiger partial charge in [-0.3, -0.25) is 19.6 Å². The minimum absolute atomic E-state index is 0.0271. The predicted molar refractivity (Wildman–Crippen MR) is 82.9 cm³/mol. The summed E-state index contributed by atoms with van der Waals surface area (Å²) in [6.45, 7) is 3.00. The number of rotatable bonds is 5. The largest absolute Gasteiger partial charge is 0.435 e. The number of benzene rings is 1. The summed E-state index contributed by atoms with van der Waals surface area (Å²) in [5.74, 6) is -1.09. The van der Waals surface area contributed by atoms with Gasteiger partial charge in [0.05, 0.1) is 17.4 Å². The van der Waals surface area contributed by atoms with Crippen LogP contribution in [0.4, 0.5) is 24.5 Å². The highest BCUT2D eigenvalue weighted by Crippen LogP contribution is 2.28. The smallest absolute Gasteiger partial charge is 0.326 e. The molecule has 1 N–H and O–H groups in total. The molecule has 0 bridgehead atoms. The Kier molecular flexibility index (Phi) is 5.10. The lowest BCUT2D eigenvalue weighted by molar-refractivity contribution is -0.384. The Morgan fingerprint density at radius 3 is 2.44 bits per heavy atom. The molecular formula is C15H15F3N4O3. The number of aryl methyl sites for hydroxylation is 1. The quantitative estimate of drug-likeness (QED) is 0.657. The lowest BCUT2D eigenvalue weighted by atomic mass is 10.1. The average molecular weight is 356 g/mol. The number of alkyl halides is 3. The van der Waals surface area contributed by atoms with Crippen LogP contribution < -0.4 is 5.32 Å². The van der Waals surface area contributed by atoms with E-state index in [1.54, 1.807) is 6.92 Å². The normalized spacial score (nSPS) is 12.7. The summed E-state index contributed by atoms with van der Waals surface area (Å²) < 4.78 is 39.1. The van der Waals surface area contributed by atoms with Gasteiger partial charge in [-0.1, -0.05) is 6.92 Å². The Labute approximate surface area is 140 Å². The van der Waals surface area contributed by atoms with Crippen molar-refractivity contribution in [2.24, 2.45) is 5.92 Å². The van der Waals surface area contributed by atoms with Gasteiger partial charge in [0.15, 0.2) is 5.69 Å². The van der Waals surface area contributed by atoms with Crippen molar-refractivity contribution in [3.63, 3.8) is 0 Å². The van der Waals surface area contributed by atoms with Gasteiger partial charge < -0.3 is 5.32 Å². The highest BCUT2D eigenvalue weighted by atomic mass is 19.4. The van der Waals surface area contributed by atoms with E-state index in [1.807, 2.05) is 0 Å². The van der Waals surface area contributed by atoms with Gasteiger partial charge in [0.25, 0.3) is 5.69 Å². The van der Waals surface area contributed by atoms with Gasteiger partial charge in [0.2, 0.25) is 5.91 Å². The Morgan fingerprint density at radius 1 is 1.36 bits per heavy atom. The second-order valence-electron chi connectivity index (χ2n) is 5.55. The second-order valence-corrected chi connectivity index (χ2v) is 5.55. The van der Waals surface area contributed by atoms with Crippen molar-refractivity contribution < 1.29 is 22.9 Å². The van der Waals surface area contributed by atoms with Crippen LogP contribution in [0.1, 0.15) is 18.3 Å². The molecule has 0 fully saturated rings. The highest BCUT2D eigenvalue weighted by molar-refractivity contribution is 5.92. The molecule has 10 heteroatoms. The first-order chi connectivity index (χ1) is 11.6. The van der Waals surface area contributed by atoms with E-state index in [9.17, 15) is 28.1 Å². The van der Waals surface area contributed by atoms with Gasteiger partial charge in [0.1, 0.15) is 0 Å². The van der Waals surface area contributed by atoms with E-state index in [2.05, 4.69) is 10.4 Å². The van der Waals surface area contributed by atoms with Crippen LogP contribution in [0.5, 0.6) is 0 Å². The molecule has 0 saturated heterocycles. The Bertz CT molecular complexity index is 784. The first-order valence-electron chi connectivity index (χ1n) is 7.25. The molecule has 2 rings (SSSR count). The number of aromatic nitrogens is 2. The summed E-state index contributed by atoms with van der Waals surface area (Å²) >= 11 is 0. The lowest BCUT2D eigenvalue weighted by Gasteiger charge is -2.13. The maximum absolute atomic E-state index is 12.7. The molecule has 134 valence electrons. The highest BCUT2D eigenvalue weighted by Gasteiger charge is 2.34. The maximum Gasteiger partial charge on any atom is 0.435 e. The zero-order valence-corrected chi connectivity index (χ0v) is 13.4. The van der Waals surface area contributed by atoms with Crippen LogP contribution in [0.3, 0.4) is 0 Å². The molecule has 1 unspecified atom stereocenters. The van der Waals surface area contributed by atoms with Crippen molar-refractivity contribution in [3.05, 3.63) is 51.8 Å². The molecule has 0 aliphatic rings. The van der Waals surface area contributed by atoms with E-state index < -0.39 is 28.6 Å². The number of nitro groups is 1. The molecule has 0 saturated carbocycles. The van der Waals surface area contributed by atoms with Crippen LogP contribution in [-0.4, -0.2) is 20.6 Å². The van der Waals surface area contributed by atoms with Crippen molar-refractivity contribution in [2.45, 2.75) is 26.6 Å². The van der Waals surface area contributed by atoms with Crippen LogP contribution in [-0.2, 0) is 17.5 Å². The van der Waals surface area contributed by atoms with E-state index in [4.69, 9.17) is 0 Å². The molecule has 0 radical (unpaired) electrons. The number of nitrogens with one attached hydrogen (secondary N) is 1. The molecule has 1 heterocycles. The Hall–Kier alpha value is -2.91. The molecule has 2 aromatic rings. The fraction of sp³-hybridized carbons (Fsp3) is 0.333. The van der Waals surface area contributed by atoms with Gasteiger partial charge in [-0.15, -0.1) is 0 Å². The second kappa shape index (κ2) is 6.91. The molecule has 1 aromatic heterocycles. The molecule has 0 aliphatic heterocycles. The summed E-state index contributed by atoms with van der Waals surface area (Å²) in [4.78, 5) is 22.2. The van der Waals surface area contributed by atoms with E-state index >= 15 is 0 Å². The molecule has 25 heavy (non-hydrogen) atoms. The zero-order chi connectivity index (χ0) is 18.8. The van der Waals surface area contributed by atoms with Crippen LogP contribution in [0, 0.1) is 23.0 Å². The van der Waals surface area contributed by atoms with E-state index in [0.29, 0.717) is 11.4 Å². The number of nitro benzene ring substituents is 1. The van der Waals surface area contributed by atoms with Gasteiger partial charge in [0, 0.05) is 23.5 Å². The fourth-order valence-corrected chi connectivity index (χ4v) is 2.11. The van der Waals surface area contributed by atoms with Crippen LogP contribution in [0.15, 0.2) is 30.3 Å². The summed E-state index contributed by atoms with van der Waals surface area (Å²) in [5, 5.41) is 16.6. The minimum atomic E-state index is -4.54. The topological polar surface area (TPSA) is 90.1 Å². The molecule has 1 aromatic carbocycles. The SMILES string of the molecule is Cc1cc(C(F)(F)F)nn1CC(C)C(=O)Nc1ccc([N+](=O)[O-])cc1. The van der Waals surface area contributed by atoms with Gasteiger partial charge in [-0.05, 0) is 25.1 Å². The molecule has 0 spiro atoms. The molecule has 1 atom stereocenters. The van der Waals surface area contributed by atoms with Crippen molar-refractivity contribution in [2.75, 3.05) is 5.32 Å². The first kappa shape index (κ1) is 18.4. The molecular weight excluding hydrogens is 341 g/mol. The van der Waals surface area contributed by atoms with Crippen molar-refractivity contribution in [3.8, 4) is 0 Å². The molecule has 0 aliphatic carbocycles. The Morgan fingerprint density at radius 2 is 1.96 bits per heavy atom. The third-order valence-electron chi connectivity index (χ3n) is 3.51. The number of hydrogen-bond donors (Lipinski definition) is 1. The van der Waals surface area contributed by atoms with Gasteiger partial charge in [-0.25, -0.2) is 0 Å². The number of carbonyl (C=O) groups is 1. The molecule has 7 nitrogen and oxygen atoms in total. The summed E-state index contributed by atoms with van der Waals surface area (Å²) in [6.07, 6.45) is -4.54. The predicted octanol–water partition coefficient (Wildman–Crippen LogP) is 3.39. The minimum Gasteiger partial charge on any atom is -0.326 e. The van der Waals surface area contributed by atoms with Crippen molar-refractivity contribution in [1.29, 1.82) is 0 Å². The van der Waals surface area contributed by atoms with Crippen molar-refractivity contribution in [1.82, 2.24) is 9.78 Å². The zero-order valence-electron chi connectivity index (χ0n) is 13.4. The van der Waals surface area contributed by atoms with E-state index in [1.165, 1.54) is 31.2 Å². The summed E-state index contributed by atoms with van der Waals surface area (Å²) in [6, 6.07) is 6.16. The number of nitrogens with zero attached hydrogens (tertiary/aromatic N) is 3. The number of halogens is 3. The first-order valence-corrected chi connectivity index (χ1v) is 7.25. The van der Waals surface area contributed by atoms with Crippen LogP contribution >= 0.6 is 0 Å². The molecule has 1 amide bonds. The fourth-order valence-electron chi connectivity index (χ4n) is 2.11. The number of non-ortho nitro benzene ring substituents is 1. The number of hydrogen-bond acceptors (Lipinski definition) is 4. The number of anilines is 1. The van der Waals surface area contributed by atoms with E-state index in [-0.39, 0.29) is 12.2 Å². The Balaban J connectivity index is 2.03. The lowest BCUT2D eigenvalue weighted by Crippen LogP contribution is -2.25. The standard InChI is InChI=1S/C15H15F3N4O3/c1-9(8-21-10(2)7-13(20-21)15(16,17)18)14(23)19-11-3-5-12(6-4-11)22(24)25/h3-7,9H,8H2,1-2H3,(H,19,23). The number of amides is 1. The van der Waals surface area contributed by atoms with Crippen molar-refractivity contribution >= 4 is 17.3 Å². The average Bonchev–Trinajstić information content (AvgIpc) is 2.89. The van der Waals surface area contributed by atoms with Crippen LogP contribution in [0.2, 0.25) is 0 Å². The van der Waals surface area contributed by atoms with Gasteiger partial charge in [-0.2, -0.15) is 18.3 Å². The van der Waals surface area contributed by atoms with Crippen LogP contribution in [0.25, 0.3) is 0 Å². The third kappa shape index (κ3) is 4.55. The third-order valence-corrected chi connectivity index (χ3v) is 3.51. The maximum atomic E-state index is 12.7. The summed E-state index contributed by atoms with van der Waals surface area (Å²) in [7, 11) is 0.